The number of amides is 1. The summed E-state index contributed by atoms with van der Waals surface area (Å²) in [5, 5.41) is 18.7. The molecule has 0 aliphatic heterocycles. The minimum Gasteiger partial charge on any atom is -0.395 e. The van der Waals surface area contributed by atoms with Crippen LogP contribution in [0.3, 0.4) is 0 Å². The molecule has 20 heavy (non-hydrogen) atoms. The average Bonchev–Trinajstić information content (AvgIpc) is 2.93. The number of halogens is 1. The molecule has 0 fully saturated rings. The Morgan fingerprint density at radius 1 is 1.50 bits per heavy atom. The molecule has 2 aromatic rings. The molecule has 0 radical (unpaired) electrons. The summed E-state index contributed by atoms with van der Waals surface area (Å²) in [5.41, 5.74) is 1.84. The van der Waals surface area contributed by atoms with Crippen molar-refractivity contribution in [1.82, 2.24) is 10.2 Å². The van der Waals surface area contributed by atoms with E-state index in [1.807, 2.05) is 0 Å². The van der Waals surface area contributed by atoms with Crippen molar-refractivity contribution in [2.24, 2.45) is 0 Å². The first kappa shape index (κ1) is 14.1. The van der Waals surface area contributed by atoms with Gasteiger partial charge in [-0.05, 0) is 18.2 Å². The minimum atomic E-state index is -0.583. The van der Waals surface area contributed by atoms with E-state index in [0.29, 0.717) is 5.13 Å². The van der Waals surface area contributed by atoms with Crippen molar-refractivity contribution < 1.29 is 14.3 Å². The second kappa shape index (κ2) is 6.75. The van der Waals surface area contributed by atoms with E-state index in [2.05, 4.69) is 27.4 Å². The number of aliphatic hydroxyl groups is 1. The monoisotopic (exact) mass is 291 g/mol. The van der Waals surface area contributed by atoms with Gasteiger partial charge in [0.15, 0.2) is 0 Å². The predicted octanol–water partition coefficient (Wildman–Crippen LogP) is 1.66. The topological polar surface area (TPSA) is 75.1 Å². The first-order valence-electron chi connectivity index (χ1n) is 5.67. The molecule has 5 nitrogen and oxygen atoms in total. The standard InChI is InChI=1S/C13H10FN3O2S/c14-11-7-10(5-4-9(11)3-1-2-6-18)12(19)16-13-17-15-8-20-13/h4-5,7-8,18H,2,6H2,(H,16,17,19). The molecule has 0 unspecified atom stereocenters. The number of aliphatic hydroxyl groups excluding tert-OH is 1. The number of carbonyl (C=O) groups excluding carboxylic acids is 1. The minimum absolute atomic E-state index is 0.0725. The lowest BCUT2D eigenvalue weighted by Crippen LogP contribution is -2.12. The molecule has 1 amide bonds. The van der Waals surface area contributed by atoms with Gasteiger partial charge in [0.2, 0.25) is 5.13 Å². The van der Waals surface area contributed by atoms with Gasteiger partial charge in [0, 0.05) is 12.0 Å². The normalized spacial score (nSPS) is 9.70. The van der Waals surface area contributed by atoms with Crippen molar-refractivity contribution in [1.29, 1.82) is 0 Å². The number of hydrogen-bond donors (Lipinski definition) is 2. The van der Waals surface area contributed by atoms with E-state index in [1.165, 1.54) is 29.0 Å². The number of hydrogen-bond acceptors (Lipinski definition) is 5. The van der Waals surface area contributed by atoms with Crippen LogP contribution in [0.4, 0.5) is 9.52 Å². The summed E-state index contributed by atoms with van der Waals surface area (Å²) in [6.07, 6.45) is 0.277. The lowest BCUT2D eigenvalue weighted by atomic mass is 10.1. The lowest BCUT2D eigenvalue weighted by Gasteiger charge is -2.02. The second-order valence-corrected chi connectivity index (χ2v) is 4.50. The van der Waals surface area contributed by atoms with Crippen LogP contribution >= 0.6 is 11.3 Å². The summed E-state index contributed by atoms with van der Waals surface area (Å²) in [6.45, 7) is -0.0725. The van der Waals surface area contributed by atoms with Crippen LogP contribution < -0.4 is 5.32 Å². The van der Waals surface area contributed by atoms with Crippen LogP contribution in [0.1, 0.15) is 22.3 Å². The molecule has 0 atom stereocenters. The summed E-state index contributed by atoms with van der Waals surface area (Å²) in [5.74, 6) is 4.16. The van der Waals surface area contributed by atoms with Gasteiger partial charge in [0.05, 0.1) is 12.2 Å². The molecule has 1 aromatic heterocycles. The zero-order chi connectivity index (χ0) is 14.4. The Bertz CT molecular complexity index is 662. The Morgan fingerprint density at radius 2 is 2.35 bits per heavy atom. The van der Waals surface area contributed by atoms with E-state index in [4.69, 9.17) is 5.11 Å². The van der Waals surface area contributed by atoms with E-state index in [-0.39, 0.29) is 24.2 Å². The van der Waals surface area contributed by atoms with Gasteiger partial charge in [-0.15, -0.1) is 10.2 Å². The molecule has 2 N–H and O–H groups in total. The number of benzene rings is 1. The SMILES string of the molecule is O=C(Nc1nncs1)c1ccc(C#CCCO)c(F)c1. The number of carbonyl (C=O) groups is 1. The Labute approximate surface area is 118 Å². The third-order valence-corrected chi connectivity index (χ3v) is 2.88. The van der Waals surface area contributed by atoms with Crippen molar-refractivity contribution >= 4 is 22.4 Å². The summed E-state index contributed by atoms with van der Waals surface area (Å²) >= 11 is 1.17. The van der Waals surface area contributed by atoms with Crippen molar-refractivity contribution in [3.05, 3.63) is 40.7 Å². The summed E-state index contributed by atoms with van der Waals surface area (Å²) < 4.78 is 13.7. The highest BCUT2D eigenvalue weighted by molar-refractivity contribution is 7.13. The molecular weight excluding hydrogens is 281 g/mol. The van der Waals surface area contributed by atoms with Crippen LogP contribution in [0.2, 0.25) is 0 Å². The lowest BCUT2D eigenvalue weighted by molar-refractivity contribution is 0.102. The van der Waals surface area contributed by atoms with Crippen molar-refractivity contribution in [2.45, 2.75) is 6.42 Å². The van der Waals surface area contributed by atoms with E-state index >= 15 is 0 Å². The highest BCUT2D eigenvalue weighted by Gasteiger charge is 2.10. The maximum absolute atomic E-state index is 13.7. The molecule has 0 bridgehead atoms. The first-order chi connectivity index (χ1) is 9.70. The van der Waals surface area contributed by atoms with E-state index in [9.17, 15) is 9.18 Å². The quantitative estimate of drug-likeness (QED) is 0.843. The Kier molecular flexibility index (Phi) is 4.76. The summed E-state index contributed by atoms with van der Waals surface area (Å²) in [4.78, 5) is 11.8. The molecule has 7 heteroatoms. The number of nitrogens with zero attached hydrogens (tertiary/aromatic N) is 2. The third kappa shape index (κ3) is 3.60. The first-order valence-corrected chi connectivity index (χ1v) is 6.55. The van der Waals surface area contributed by atoms with Crippen molar-refractivity contribution in [2.75, 3.05) is 11.9 Å². The van der Waals surface area contributed by atoms with Crippen molar-refractivity contribution in [3.8, 4) is 11.8 Å². The molecule has 1 aromatic carbocycles. The molecule has 0 spiro atoms. The molecule has 0 aliphatic rings. The number of nitrogens with one attached hydrogen (secondary N) is 1. The Balaban J connectivity index is 2.12. The largest absolute Gasteiger partial charge is 0.395 e. The van der Waals surface area contributed by atoms with E-state index in [0.717, 1.165) is 6.07 Å². The van der Waals surface area contributed by atoms with Crippen LogP contribution in [0.15, 0.2) is 23.7 Å². The van der Waals surface area contributed by atoms with Gasteiger partial charge in [-0.2, -0.15) is 0 Å². The molecule has 0 saturated heterocycles. The van der Waals surface area contributed by atoms with Gasteiger partial charge in [-0.3, -0.25) is 10.1 Å². The van der Waals surface area contributed by atoms with Crippen LogP contribution in [-0.2, 0) is 0 Å². The predicted molar refractivity (Wildman–Crippen MR) is 72.8 cm³/mol. The van der Waals surface area contributed by atoms with E-state index < -0.39 is 11.7 Å². The van der Waals surface area contributed by atoms with Gasteiger partial charge < -0.3 is 5.11 Å². The third-order valence-electron chi connectivity index (χ3n) is 2.27. The zero-order valence-electron chi connectivity index (χ0n) is 10.3. The molecule has 2 rings (SSSR count). The fraction of sp³-hybridized carbons (Fsp3) is 0.154. The summed E-state index contributed by atoms with van der Waals surface area (Å²) in [7, 11) is 0. The highest BCUT2D eigenvalue weighted by Crippen LogP contribution is 2.13. The second-order valence-electron chi connectivity index (χ2n) is 3.67. The number of aromatic nitrogens is 2. The van der Waals surface area contributed by atoms with Gasteiger partial charge in [-0.1, -0.05) is 23.2 Å². The molecule has 0 saturated carbocycles. The van der Waals surface area contributed by atoms with E-state index in [1.54, 1.807) is 0 Å². The number of anilines is 1. The number of rotatable bonds is 3. The molecule has 0 aliphatic carbocycles. The van der Waals surface area contributed by atoms with Crippen LogP contribution in [0.25, 0.3) is 0 Å². The maximum Gasteiger partial charge on any atom is 0.257 e. The summed E-state index contributed by atoms with van der Waals surface area (Å²) in [6, 6.07) is 4.01. The van der Waals surface area contributed by atoms with Gasteiger partial charge in [0.25, 0.3) is 5.91 Å². The molecular formula is C13H10FN3O2S. The van der Waals surface area contributed by atoms with Gasteiger partial charge in [0.1, 0.15) is 11.3 Å². The van der Waals surface area contributed by atoms with Crippen LogP contribution in [0.5, 0.6) is 0 Å². The smallest absolute Gasteiger partial charge is 0.257 e. The fourth-order valence-corrected chi connectivity index (χ4v) is 1.81. The average molecular weight is 291 g/mol. The van der Waals surface area contributed by atoms with Crippen LogP contribution in [0, 0.1) is 17.7 Å². The molecule has 102 valence electrons. The Morgan fingerprint density at radius 3 is 3.00 bits per heavy atom. The molecule has 1 heterocycles. The maximum atomic E-state index is 13.7. The zero-order valence-corrected chi connectivity index (χ0v) is 11.1. The highest BCUT2D eigenvalue weighted by atomic mass is 32.1. The van der Waals surface area contributed by atoms with Gasteiger partial charge >= 0.3 is 0 Å². The van der Waals surface area contributed by atoms with Crippen molar-refractivity contribution in [3.63, 3.8) is 0 Å². The fourth-order valence-electron chi connectivity index (χ4n) is 1.37. The van der Waals surface area contributed by atoms with Gasteiger partial charge in [-0.25, -0.2) is 4.39 Å². The Hall–Kier alpha value is -2.30. The van der Waals surface area contributed by atoms with Crippen LogP contribution in [-0.4, -0.2) is 27.8 Å².